The predicted molar refractivity (Wildman–Crippen MR) is 82.2 cm³/mol. The van der Waals surface area contributed by atoms with Crippen LogP contribution >= 0.6 is 0 Å². The van der Waals surface area contributed by atoms with E-state index in [4.69, 9.17) is 0 Å². The highest BCUT2D eigenvalue weighted by atomic mass is 16.6. The van der Waals surface area contributed by atoms with Crippen LogP contribution in [0.4, 0.5) is 11.4 Å². The largest absolute Gasteiger partial charge is 0.379 e. The first-order valence-electron chi connectivity index (χ1n) is 6.55. The SMILES string of the molecule is O=[N+]([O-])c1ccc(NCc2ccc3ccccc3n2)cc1. The highest BCUT2D eigenvalue weighted by molar-refractivity contribution is 5.78. The lowest BCUT2D eigenvalue weighted by Crippen LogP contribution is -2.01. The molecule has 0 atom stereocenters. The summed E-state index contributed by atoms with van der Waals surface area (Å²) in [4.78, 5) is 14.7. The Balaban J connectivity index is 1.72. The Bertz CT molecular complexity index is 785. The number of nitrogens with zero attached hydrogens (tertiary/aromatic N) is 2. The topological polar surface area (TPSA) is 68.1 Å². The van der Waals surface area contributed by atoms with Gasteiger partial charge in [0.2, 0.25) is 0 Å². The van der Waals surface area contributed by atoms with E-state index in [1.165, 1.54) is 12.1 Å². The lowest BCUT2D eigenvalue weighted by molar-refractivity contribution is -0.384. The molecule has 0 unspecified atom stereocenters. The average Bonchev–Trinajstić information content (AvgIpc) is 2.53. The van der Waals surface area contributed by atoms with Gasteiger partial charge in [-0.1, -0.05) is 24.3 Å². The van der Waals surface area contributed by atoms with Crippen molar-refractivity contribution in [2.75, 3.05) is 5.32 Å². The molecule has 3 rings (SSSR count). The van der Waals surface area contributed by atoms with Gasteiger partial charge in [0.15, 0.2) is 0 Å². The number of non-ortho nitro benzene ring substituents is 1. The molecule has 0 saturated carbocycles. The lowest BCUT2D eigenvalue weighted by Gasteiger charge is -2.06. The molecule has 5 heteroatoms. The summed E-state index contributed by atoms with van der Waals surface area (Å²) >= 11 is 0. The Morgan fingerprint density at radius 3 is 2.52 bits per heavy atom. The van der Waals surface area contributed by atoms with Gasteiger partial charge in [-0.05, 0) is 24.3 Å². The van der Waals surface area contributed by atoms with Crippen molar-refractivity contribution in [1.29, 1.82) is 0 Å². The highest BCUT2D eigenvalue weighted by Crippen LogP contribution is 2.17. The monoisotopic (exact) mass is 279 g/mol. The van der Waals surface area contributed by atoms with Gasteiger partial charge in [0.25, 0.3) is 5.69 Å². The minimum Gasteiger partial charge on any atom is -0.379 e. The van der Waals surface area contributed by atoms with Gasteiger partial charge < -0.3 is 5.32 Å². The summed E-state index contributed by atoms with van der Waals surface area (Å²) in [6.07, 6.45) is 0. The second kappa shape index (κ2) is 5.58. The fourth-order valence-electron chi connectivity index (χ4n) is 2.10. The van der Waals surface area contributed by atoms with Gasteiger partial charge in [0, 0.05) is 23.2 Å². The van der Waals surface area contributed by atoms with Crippen LogP contribution in [-0.4, -0.2) is 9.91 Å². The number of benzene rings is 2. The van der Waals surface area contributed by atoms with Gasteiger partial charge in [0.05, 0.1) is 22.7 Å². The van der Waals surface area contributed by atoms with Crippen molar-refractivity contribution in [3.63, 3.8) is 0 Å². The highest BCUT2D eigenvalue weighted by Gasteiger charge is 2.04. The van der Waals surface area contributed by atoms with E-state index in [9.17, 15) is 10.1 Å². The molecule has 0 saturated heterocycles. The first kappa shape index (κ1) is 13.1. The van der Waals surface area contributed by atoms with Crippen LogP contribution in [0.25, 0.3) is 10.9 Å². The number of nitrogens with one attached hydrogen (secondary N) is 1. The van der Waals surface area contributed by atoms with Gasteiger partial charge >= 0.3 is 0 Å². The maximum atomic E-state index is 10.6. The third kappa shape index (κ3) is 2.97. The van der Waals surface area contributed by atoms with Crippen molar-refractivity contribution in [3.05, 3.63) is 76.5 Å². The summed E-state index contributed by atoms with van der Waals surface area (Å²) in [5.41, 5.74) is 2.80. The van der Waals surface area contributed by atoms with E-state index in [1.54, 1.807) is 12.1 Å². The minimum atomic E-state index is -0.408. The summed E-state index contributed by atoms with van der Waals surface area (Å²) in [6.45, 7) is 0.572. The molecule has 2 aromatic carbocycles. The maximum absolute atomic E-state index is 10.6. The molecule has 0 bridgehead atoms. The van der Waals surface area contributed by atoms with Crippen molar-refractivity contribution in [3.8, 4) is 0 Å². The van der Waals surface area contributed by atoms with Gasteiger partial charge in [-0.2, -0.15) is 0 Å². The number of nitro benzene ring substituents is 1. The van der Waals surface area contributed by atoms with Crippen LogP contribution in [0.2, 0.25) is 0 Å². The number of nitro groups is 1. The molecular formula is C16H13N3O2. The molecule has 1 aromatic heterocycles. The Morgan fingerprint density at radius 2 is 1.76 bits per heavy atom. The van der Waals surface area contributed by atoms with E-state index < -0.39 is 4.92 Å². The number of rotatable bonds is 4. The van der Waals surface area contributed by atoms with E-state index in [2.05, 4.69) is 10.3 Å². The summed E-state index contributed by atoms with van der Waals surface area (Å²) in [6, 6.07) is 18.3. The van der Waals surface area contributed by atoms with Gasteiger partial charge in [-0.25, -0.2) is 0 Å². The van der Waals surface area contributed by atoms with Crippen LogP contribution in [-0.2, 0) is 6.54 Å². The zero-order valence-corrected chi connectivity index (χ0v) is 11.2. The second-order valence-corrected chi connectivity index (χ2v) is 4.65. The average molecular weight is 279 g/mol. The quantitative estimate of drug-likeness (QED) is 0.583. The molecule has 0 fully saturated rings. The fraction of sp³-hybridized carbons (Fsp3) is 0.0625. The van der Waals surface area contributed by atoms with E-state index in [1.807, 2.05) is 36.4 Å². The molecule has 1 heterocycles. The van der Waals surface area contributed by atoms with Gasteiger partial charge in [0.1, 0.15) is 0 Å². The summed E-state index contributed by atoms with van der Waals surface area (Å²) in [5.74, 6) is 0. The predicted octanol–water partition coefficient (Wildman–Crippen LogP) is 3.76. The van der Waals surface area contributed by atoms with Gasteiger partial charge in [-0.3, -0.25) is 15.1 Å². The van der Waals surface area contributed by atoms with Crippen molar-refractivity contribution >= 4 is 22.3 Å². The van der Waals surface area contributed by atoms with E-state index in [0.717, 1.165) is 22.3 Å². The fourth-order valence-corrected chi connectivity index (χ4v) is 2.10. The normalized spacial score (nSPS) is 10.5. The molecule has 21 heavy (non-hydrogen) atoms. The third-order valence-corrected chi connectivity index (χ3v) is 3.21. The summed E-state index contributed by atoms with van der Waals surface area (Å²) < 4.78 is 0. The molecule has 0 spiro atoms. The van der Waals surface area contributed by atoms with Crippen molar-refractivity contribution in [2.45, 2.75) is 6.54 Å². The molecule has 5 nitrogen and oxygen atoms in total. The first-order chi connectivity index (χ1) is 10.2. The van der Waals surface area contributed by atoms with Crippen LogP contribution in [0.5, 0.6) is 0 Å². The second-order valence-electron chi connectivity index (χ2n) is 4.65. The Morgan fingerprint density at radius 1 is 1.00 bits per heavy atom. The smallest absolute Gasteiger partial charge is 0.269 e. The van der Waals surface area contributed by atoms with Crippen molar-refractivity contribution in [1.82, 2.24) is 4.98 Å². The van der Waals surface area contributed by atoms with Crippen molar-refractivity contribution in [2.24, 2.45) is 0 Å². The molecule has 0 amide bonds. The Kier molecular flexibility index (Phi) is 3.47. The molecule has 1 N–H and O–H groups in total. The van der Waals surface area contributed by atoms with Crippen molar-refractivity contribution < 1.29 is 4.92 Å². The molecule has 0 aliphatic carbocycles. The van der Waals surface area contributed by atoms with Crippen LogP contribution in [0.15, 0.2) is 60.7 Å². The van der Waals surface area contributed by atoms with E-state index in [-0.39, 0.29) is 5.69 Å². The minimum absolute atomic E-state index is 0.0874. The molecule has 0 aliphatic heterocycles. The molecule has 0 aliphatic rings. The van der Waals surface area contributed by atoms with Crippen LogP contribution in [0.1, 0.15) is 5.69 Å². The number of hydrogen-bond donors (Lipinski definition) is 1. The number of aromatic nitrogens is 1. The summed E-state index contributed by atoms with van der Waals surface area (Å²) in [7, 11) is 0. The van der Waals surface area contributed by atoms with Crippen LogP contribution in [0.3, 0.4) is 0 Å². The van der Waals surface area contributed by atoms with Gasteiger partial charge in [-0.15, -0.1) is 0 Å². The zero-order chi connectivity index (χ0) is 14.7. The number of para-hydroxylation sites is 1. The number of anilines is 1. The number of pyridine rings is 1. The third-order valence-electron chi connectivity index (χ3n) is 3.21. The summed E-state index contributed by atoms with van der Waals surface area (Å²) in [5, 5.41) is 14.9. The van der Waals surface area contributed by atoms with E-state index >= 15 is 0 Å². The molecule has 3 aromatic rings. The lowest BCUT2D eigenvalue weighted by atomic mass is 10.2. The Hall–Kier alpha value is -2.95. The molecular weight excluding hydrogens is 266 g/mol. The maximum Gasteiger partial charge on any atom is 0.269 e. The Labute approximate surface area is 121 Å². The number of fused-ring (bicyclic) bond motifs is 1. The molecule has 0 radical (unpaired) electrons. The van der Waals surface area contributed by atoms with E-state index in [0.29, 0.717) is 6.54 Å². The molecule has 104 valence electrons. The van der Waals surface area contributed by atoms with Crippen LogP contribution < -0.4 is 5.32 Å². The zero-order valence-electron chi connectivity index (χ0n) is 11.2. The number of hydrogen-bond acceptors (Lipinski definition) is 4. The first-order valence-corrected chi connectivity index (χ1v) is 6.55. The van der Waals surface area contributed by atoms with Crippen LogP contribution in [0, 0.1) is 10.1 Å². The standard InChI is InChI=1S/C16H13N3O2/c20-19(21)15-9-7-13(8-10-15)17-11-14-6-5-12-3-1-2-4-16(12)18-14/h1-10,17H,11H2.